The van der Waals surface area contributed by atoms with Crippen LogP contribution in [0.1, 0.15) is 0 Å². The van der Waals surface area contributed by atoms with Gasteiger partial charge in [0, 0.05) is 16.7 Å². The highest BCUT2D eigenvalue weighted by Gasteiger charge is 1.56. The standard InChI is InChI=1S/C3H4N2.CS2/c1-2-5-3-4-1;2-1-3/h1-3H,(H,4,5);. The SMILES string of the molecule is S=C=S.c1c[nH]cn1. The van der Waals surface area contributed by atoms with E-state index in [0.717, 1.165) is 0 Å². The van der Waals surface area contributed by atoms with E-state index in [0.29, 0.717) is 0 Å². The third-order valence-electron chi connectivity index (χ3n) is 0.406. The lowest BCUT2D eigenvalue weighted by molar-refractivity contribution is 1.31. The number of nitrogens with zero attached hydrogens (tertiary/aromatic N) is 1. The maximum Gasteiger partial charge on any atom is 0.0919 e. The molecule has 0 spiro atoms. The monoisotopic (exact) mass is 144 g/mol. The highest BCUT2D eigenvalue weighted by atomic mass is 32.1. The molecule has 0 saturated carbocycles. The zero-order valence-electron chi connectivity index (χ0n) is 4.00. The van der Waals surface area contributed by atoms with E-state index < -0.39 is 0 Å². The van der Waals surface area contributed by atoms with Crippen LogP contribution in [0.3, 0.4) is 0 Å². The van der Waals surface area contributed by atoms with Crippen LogP contribution < -0.4 is 0 Å². The highest BCUT2D eigenvalue weighted by molar-refractivity contribution is 7.93. The van der Waals surface area contributed by atoms with Gasteiger partial charge >= 0.3 is 0 Å². The van der Waals surface area contributed by atoms with E-state index in [2.05, 4.69) is 34.4 Å². The first-order valence-corrected chi connectivity index (χ1v) is 2.65. The van der Waals surface area contributed by atoms with Crippen LogP contribution in [0.4, 0.5) is 0 Å². The number of aromatic amines is 1. The Bertz CT molecular complexity index is 124. The van der Waals surface area contributed by atoms with Crippen LogP contribution in [0.15, 0.2) is 18.7 Å². The van der Waals surface area contributed by atoms with E-state index in [1.807, 2.05) is 4.31 Å². The van der Waals surface area contributed by atoms with Crippen LogP contribution in [-0.4, -0.2) is 14.3 Å². The molecule has 0 fully saturated rings. The lowest BCUT2D eigenvalue weighted by Gasteiger charge is -1.46. The molecule has 0 atom stereocenters. The molecule has 2 nitrogen and oxygen atoms in total. The Morgan fingerprint density at radius 2 is 2.12 bits per heavy atom. The van der Waals surface area contributed by atoms with Gasteiger partial charge in [-0.05, 0) is 24.4 Å². The van der Waals surface area contributed by atoms with E-state index in [-0.39, 0.29) is 0 Å². The van der Waals surface area contributed by atoms with Gasteiger partial charge in [0.15, 0.2) is 0 Å². The molecule has 0 radical (unpaired) electrons. The molecule has 1 N–H and O–H groups in total. The Morgan fingerprint density at radius 3 is 2.25 bits per heavy atom. The lowest BCUT2D eigenvalue weighted by Crippen LogP contribution is -1.44. The molecule has 1 aromatic heterocycles. The molecule has 0 aliphatic heterocycles. The first-order chi connectivity index (χ1) is 3.91. The molecule has 1 aromatic rings. The summed E-state index contributed by atoms with van der Waals surface area (Å²) >= 11 is 7.92. The number of imidazole rings is 1. The molecule has 0 bridgehead atoms. The van der Waals surface area contributed by atoms with Crippen LogP contribution >= 0.6 is 24.4 Å². The largest absolute Gasteiger partial charge is 0.351 e. The molecule has 0 aromatic carbocycles. The van der Waals surface area contributed by atoms with Crippen molar-refractivity contribution in [3.8, 4) is 0 Å². The summed E-state index contributed by atoms with van der Waals surface area (Å²) in [6.45, 7) is 0. The smallest absolute Gasteiger partial charge is 0.0919 e. The summed E-state index contributed by atoms with van der Waals surface area (Å²) in [7, 11) is 0. The second kappa shape index (κ2) is 6.43. The zero-order chi connectivity index (χ0) is 6.24. The van der Waals surface area contributed by atoms with E-state index in [9.17, 15) is 0 Å². The van der Waals surface area contributed by atoms with Crippen LogP contribution in [0, 0.1) is 0 Å². The summed E-state index contributed by atoms with van der Waals surface area (Å²) < 4.78 is 1.92. The van der Waals surface area contributed by atoms with Crippen LogP contribution in [-0.2, 0) is 0 Å². The van der Waals surface area contributed by atoms with Gasteiger partial charge in [0.1, 0.15) is 0 Å². The summed E-state index contributed by atoms with van der Waals surface area (Å²) in [6, 6.07) is 0. The molecule has 0 aliphatic carbocycles. The Labute approximate surface area is 57.9 Å². The minimum atomic E-state index is 1.62. The summed E-state index contributed by atoms with van der Waals surface area (Å²) in [5, 5.41) is 0. The second-order valence-electron chi connectivity index (χ2n) is 0.844. The average Bonchev–Trinajstić information content (AvgIpc) is 2.17. The van der Waals surface area contributed by atoms with Crippen molar-refractivity contribution < 1.29 is 0 Å². The lowest BCUT2D eigenvalue weighted by atomic mass is 11.0. The molecule has 8 heavy (non-hydrogen) atoms. The summed E-state index contributed by atoms with van der Waals surface area (Å²) in [6.07, 6.45) is 5.08. The third kappa shape index (κ3) is 5.43. The molecule has 42 valence electrons. The minimum Gasteiger partial charge on any atom is -0.351 e. The summed E-state index contributed by atoms with van der Waals surface area (Å²) in [4.78, 5) is 6.42. The fourth-order valence-corrected chi connectivity index (χ4v) is 0.215. The molecule has 0 aliphatic rings. The van der Waals surface area contributed by atoms with Crippen molar-refractivity contribution >= 4 is 28.7 Å². The van der Waals surface area contributed by atoms with E-state index in [1.54, 1.807) is 18.7 Å². The fourth-order valence-electron chi connectivity index (χ4n) is 0.215. The van der Waals surface area contributed by atoms with Crippen molar-refractivity contribution in [2.75, 3.05) is 0 Å². The Kier molecular flexibility index (Phi) is 5.97. The normalized spacial score (nSPS) is 6.00. The summed E-state index contributed by atoms with van der Waals surface area (Å²) in [5.74, 6) is 0. The van der Waals surface area contributed by atoms with Gasteiger partial charge in [-0.2, -0.15) is 0 Å². The van der Waals surface area contributed by atoms with E-state index in [1.165, 1.54) is 0 Å². The molecular formula is C4H4N2S2. The quantitative estimate of drug-likeness (QED) is 0.558. The number of nitrogens with one attached hydrogen (secondary N) is 1. The maximum atomic E-state index is 3.96. The van der Waals surface area contributed by atoms with Gasteiger partial charge < -0.3 is 4.98 Å². The molecule has 0 amide bonds. The van der Waals surface area contributed by atoms with Crippen molar-refractivity contribution in [3.05, 3.63) is 18.7 Å². The van der Waals surface area contributed by atoms with Crippen molar-refractivity contribution in [1.82, 2.24) is 9.97 Å². The number of aromatic nitrogens is 2. The van der Waals surface area contributed by atoms with Gasteiger partial charge in [-0.1, -0.05) is 0 Å². The van der Waals surface area contributed by atoms with Crippen LogP contribution in [0.5, 0.6) is 0 Å². The first kappa shape index (κ1) is 7.43. The van der Waals surface area contributed by atoms with Gasteiger partial charge in [0.05, 0.1) is 6.33 Å². The highest BCUT2D eigenvalue weighted by Crippen LogP contribution is 1.62. The fraction of sp³-hybridized carbons (Fsp3) is 0. The number of hydrogen-bond acceptors (Lipinski definition) is 3. The molecular weight excluding hydrogens is 140 g/mol. The third-order valence-corrected chi connectivity index (χ3v) is 0.406. The Morgan fingerprint density at radius 1 is 1.50 bits per heavy atom. The number of thiocarbonyl (C=S) groups is 2. The van der Waals surface area contributed by atoms with Gasteiger partial charge in [0.2, 0.25) is 0 Å². The molecule has 1 rings (SSSR count). The van der Waals surface area contributed by atoms with Gasteiger partial charge in [0.25, 0.3) is 0 Å². The predicted molar refractivity (Wildman–Crippen MR) is 38.8 cm³/mol. The van der Waals surface area contributed by atoms with Gasteiger partial charge in [-0.15, -0.1) is 0 Å². The first-order valence-electron chi connectivity index (χ1n) is 1.84. The van der Waals surface area contributed by atoms with Crippen molar-refractivity contribution in [2.45, 2.75) is 0 Å². The Hall–Kier alpha value is -0.570. The Balaban J connectivity index is 0.000000145. The number of H-pyrrole nitrogens is 1. The van der Waals surface area contributed by atoms with E-state index >= 15 is 0 Å². The predicted octanol–water partition coefficient (Wildman–Crippen LogP) is 1.43. The molecule has 4 heteroatoms. The van der Waals surface area contributed by atoms with Crippen LogP contribution in [0.25, 0.3) is 0 Å². The van der Waals surface area contributed by atoms with Crippen molar-refractivity contribution in [3.63, 3.8) is 0 Å². The van der Waals surface area contributed by atoms with Crippen molar-refractivity contribution in [2.24, 2.45) is 0 Å². The van der Waals surface area contributed by atoms with Gasteiger partial charge in [-0.25, -0.2) is 4.98 Å². The molecule has 0 saturated heterocycles. The minimum absolute atomic E-state index is 1.62. The van der Waals surface area contributed by atoms with E-state index in [4.69, 9.17) is 0 Å². The van der Waals surface area contributed by atoms with Crippen LogP contribution in [0.2, 0.25) is 0 Å². The second-order valence-corrected chi connectivity index (χ2v) is 1.51. The topological polar surface area (TPSA) is 28.7 Å². The summed E-state index contributed by atoms with van der Waals surface area (Å²) in [5.41, 5.74) is 0. The number of rotatable bonds is 0. The number of hydrogen-bond donors (Lipinski definition) is 1. The zero-order valence-corrected chi connectivity index (χ0v) is 5.63. The maximum absolute atomic E-state index is 3.96. The van der Waals surface area contributed by atoms with Crippen molar-refractivity contribution in [1.29, 1.82) is 0 Å². The van der Waals surface area contributed by atoms with Gasteiger partial charge in [-0.3, -0.25) is 0 Å². The molecule has 0 unspecified atom stereocenters. The molecule has 1 heterocycles. The average molecular weight is 144 g/mol.